The maximum Gasteiger partial charge on any atom is 0.223 e. The zero-order chi connectivity index (χ0) is 15.0. The van der Waals surface area contributed by atoms with E-state index >= 15 is 0 Å². The average Bonchev–Trinajstić information content (AvgIpc) is 2.51. The predicted molar refractivity (Wildman–Crippen MR) is 89.0 cm³/mol. The molecule has 2 N–H and O–H groups in total. The van der Waals surface area contributed by atoms with Crippen LogP contribution >= 0.6 is 0 Å². The van der Waals surface area contributed by atoms with E-state index in [0.717, 1.165) is 51.6 Å². The maximum atomic E-state index is 12.2. The normalized spacial score (nSPS) is 28.4. The highest BCUT2D eigenvalue weighted by molar-refractivity contribution is 5.79. The van der Waals surface area contributed by atoms with Crippen LogP contribution in [0.25, 0.3) is 0 Å². The first-order valence-corrected chi connectivity index (χ1v) is 8.35. The quantitative estimate of drug-likeness (QED) is 0.838. The Hall–Kier alpha value is -0.610. The van der Waals surface area contributed by atoms with Gasteiger partial charge in [0.15, 0.2) is 0 Å². The van der Waals surface area contributed by atoms with Gasteiger partial charge in [-0.15, -0.1) is 0 Å². The minimum Gasteiger partial charge on any atom is -0.353 e. The van der Waals surface area contributed by atoms with Crippen molar-refractivity contribution in [2.75, 3.05) is 27.2 Å². The largest absolute Gasteiger partial charge is 0.353 e. The second kappa shape index (κ2) is 9.35. The van der Waals surface area contributed by atoms with E-state index in [-0.39, 0.29) is 8.77 Å². The first-order chi connectivity index (χ1) is 9.69. The molecule has 1 amide bonds. The van der Waals surface area contributed by atoms with Crippen LogP contribution in [0.5, 0.6) is 0 Å². The van der Waals surface area contributed by atoms with Gasteiger partial charge in [-0.2, -0.15) is 0 Å². The molecule has 0 spiro atoms. The Labute approximate surface area is 127 Å². The fourth-order valence-electron chi connectivity index (χ4n) is 3.12. The summed E-state index contributed by atoms with van der Waals surface area (Å²) in [7, 11) is 4.17. The van der Waals surface area contributed by atoms with Crippen molar-refractivity contribution < 1.29 is 7.65 Å². The van der Waals surface area contributed by atoms with E-state index in [0.29, 0.717) is 18.0 Å². The summed E-state index contributed by atoms with van der Waals surface area (Å²) in [6.07, 6.45) is 6.58. The van der Waals surface area contributed by atoms with Gasteiger partial charge in [-0.25, -0.2) is 0 Å². The number of carbonyl (C=O) groups is 1. The zero-order valence-corrected chi connectivity index (χ0v) is 13.7. The number of rotatable bonds is 3. The molecule has 0 aromatic rings. The molecule has 4 heteroatoms. The Morgan fingerprint density at radius 2 is 1.55 bits per heavy atom. The highest BCUT2D eigenvalue weighted by atomic mass is 16.1. The van der Waals surface area contributed by atoms with Crippen LogP contribution in [0.1, 0.15) is 55.2 Å². The number of amides is 1. The molecule has 2 aliphatic rings. The first kappa shape index (κ1) is 17.4. The van der Waals surface area contributed by atoms with Crippen LogP contribution in [-0.2, 0) is 4.79 Å². The van der Waals surface area contributed by atoms with Crippen LogP contribution in [0, 0.1) is 5.92 Å². The van der Waals surface area contributed by atoms with Crippen molar-refractivity contribution in [1.82, 2.24) is 15.5 Å². The van der Waals surface area contributed by atoms with Crippen molar-refractivity contribution in [2.45, 2.75) is 64.5 Å². The maximum absolute atomic E-state index is 12.2. The number of carbonyl (C=O) groups excluding carboxylic acids is 1. The van der Waals surface area contributed by atoms with Crippen LogP contribution in [-0.4, -0.2) is 50.1 Å². The molecule has 1 heterocycles. The van der Waals surface area contributed by atoms with Crippen molar-refractivity contribution in [3.63, 3.8) is 0 Å². The van der Waals surface area contributed by atoms with Crippen molar-refractivity contribution in [3.05, 3.63) is 0 Å². The molecular formula is C16H37N3O. The molecule has 1 saturated heterocycles. The lowest BCUT2D eigenvalue weighted by Gasteiger charge is -2.32. The topological polar surface area (TPSA) is 44.4 Å². The molecule has 122 valence electrons. The van der Waals surface area contributed by atoms with Gasteiger partial charge in [0.05, 0.1) is 0 Å². The average molecular weight is 287 g/mol. The summed E-state index contributed by atoms with van der Waals surface area (Å²) in [5, 5.41) is 6.57. The van der Waals surface area contributed by atoms with Gasteiger partial charge in [-0.05, 0) is 65.7 Å². The molecule has 2 rings (SSSR count). The summed E-state index contributed by atoms with van der Waals surface area (Å²) in [5.74, 6) is 0.563. The van der Waals surface area contributed by atoms with Crippen LogP contribution in [0.4, 0.5) is 0 Å². The monoisotopic (exact) mass is 287 g/mol. The molecule has 2 fully saturated rings. The van der Waals surface area contributed by atoms with E-state index < -0.39 is 0 Å². The highest BCUT2D eigenvalue weighted by Crippen LogP contribution is 2.24. The van der Waals surface area contributed by atoms with E-state index in [4.69, 9.17) is 0 Å². The van der Waals surface area contributed by atoms with Crippen LogP contribution in [0.2, 0.25) is 0 Å². The third-order valence-corrected chi connectivity index (χ3v) is 4.57. The van der Waals surface area contributed by atoms with Gasteiger partial charge >= 0.3 is 0 Å². The summed E-state index contributed by atoms with van der Waals surface area (Å²) in [6, 6.07) is 1.04. The number of nitrogens with one attached hydrogen (secondary N) is 2. The van der Waals surface area contributed by atoms with Crippen LogP contribution < -0.4 is 10.6 Å². The lowest BCUT2D eigenvalue weighted by molar-refractivity contribution is -0.127. The second-order valence-corrected chi connectivity index (χ2v) is 5.92. The summed E-state index contributed by atoms with van der Waals surface area (Å²) < 4.78 is 0. The number of hydrogen-bond acceptors (Lipinski definition) is 3. The Bertz CT molecular complexity index is 277. The fourth-order valence-corrected chi connectivity index (χ4v) is 3.12. The minimum atomic E-state index is 0. The van der Waals surface area contributed by atoms with Gasteiger partial charge in [0.1, 0.15) is 0 Å². The second-order valence-electron chi connectivity index (χ2n) is 5.92. The van der Waals surface area contributed by atoms with Gasteiger partial charge in [-0.3, -0.25) is 4.79 Å². The molecule has 0 radical (unpaired) electrons. The van der Waals surface area contributed by atoms with E-state index in [2.05, 4.69) is 22.6 Å². The molecule has 1 aliphatic carbocycles. The van der Waals surface area contributed by atoms with Crippen molar-refractivity contribution in [2.24, 2.45) is 5.92 Å². The van der Waals surface area contributed by atoms with Gasteiger partial charge in [-0.1, -0.05) is 13.8 Å². The van der Waals surface area contributed by atoms with Gasteiger partial charge in [0, 0.05) is 20.9 Å². The summed E-state index contributed by atoms with van der Waals surface area (Å²) in [4.78, 5) is 14.5. The smallest absolute Gasteiger partial charge is 0.223 e. The molecule has 0 aromatic carbocycles. The number of hydrogen-bond donors (Lipinski definition) is 2. The number of nitrogens with zero attached hydrogens (tertiary/aromatic N) is 1. The van der Waals surface area contributed by atoms with Gasteiger partial charge in [0.25, 0.3) is 0 Å². The molecule has 4 nitrogen and oxygen atoms in total. The molecule has 0 atom stereocenters. The third kappa shape index (κ3) is 5.41. The third-order valence-electron chi connectivity index (χ3n) is 4.57. The van der Waals surface area contributed by atoms with E-state index in [1.807, 2.05) is 20.9 Å². The van der Waals surface area contributed by atoms with Gasteiger partial charge in [0.2, 0.25) is 5.91 Å². The SMILES string of the molecule is CC.CNC1CCC(C(=O)NC2CCN(C)CC2)CC1.[HH].[HH]. The molecule has 1 saturated carbocycles. The van der Waals surface area contributed by atoms with Crippen molar-refractivity contribution in [3.8, 4) is 0 Å². The zero-order valence-electron chi connectivity index (χ0n) is 13.7. The summed E-state index contributed by atoms with van der Waals surface area (Å²) in [6.45, 7) is 6.22. The first-order valence-electron chi connectivity index (χ1n) is 8.35. The summed E-state index contributed by atoms with van der Waals surface area (Å²) in [5.41, 5.74) is 0. The Morgan fingerprint density at radius 1 is 1.00 bits per heavy atom. The number of likely N-dealkylation sites (tertiary alicyclic amines) is 1. The number of piperidine rings is 1. The molecule has 0 bridgehead atoms. The summed E-state index contributed by atoms with van der Waals surface area (Å²) >= 11 is 0. The predicted octanol–water partition coefficient (Wildman–Crippen LogP) is 2.49. The lowest BCUT2D eigenvalue weighted by Crippen LogP contribution is -2.46. The van der Waals surface area contributed by atoms with Gasteiger partial charge < -0.3 is 15.5 Å². The Kier molecular flexibility index (Phi) is 8.15. The van der Waals surface area contributed by atoms with Crippen molar-refractivity contribution in [1.29, 1.82) is 0 Å². The van der Waals surface area contributed by atoms with Crippen molar-refractivity contribution >= 4 is 5.91 Å². The highest BCUT2D eigenvalue weighted by Gasteiger charge is 2.27. The minimum absolute atomic E-state index is 0. The Morgan fingerprint density at radius 3 is 2.05 bits per heavy atom. The van der Waals surface area contributed by atoms with E-state index in [9.17, 15) is 4.79 Å². The van der Waals surface area contributed by atoms with Crippen LogP contribution in [0.3, 0.4) is 0 Å². The standard InChI is InChI=1S/C14H27N3O.C2H6.2H2/c1-15-12-5-3-11(4-6-12)14(18)16-13-7-9-17(2)10-8-13;1-2;;/h11-13,15H,3-10H2,1-2H3,(H,16,18);1-2H3;2*1H. The lowest BCUT2D eigenvalue weighted by atomic mass is 9.85. The molecule has 0 aromatic heterocycles. The molecule has 20 heavy (non-hydrogen) atoms. The Balaban J connectivity index is 0. The molecule has 0 unspecified atom stereocenters. The molecular weight excluding hydrogens is 250 g/mol. The molecule has 1 aliphatic heterocycles. The van der Waals surface area contributed by atoms with E-state index in [1.54, 1.807) is 0 Å². The van der Waals surface area contributed by atoms with Crippen LogP contribution in [0.15, 0.2) is 0 Å². The van der Waals surface area contributed by atoms with E-state index in [1.165, 1.54) is 0 Å². The fraction of sp³-hybridized carbons (Fsp3) is 0.938.